The van der Waals surface area contributed by atoms with Crippen molar-refractivity contribution in [2.24, 2.45) is 0 Å². The van der Waals surface area contributed by atoms with Gasteiger partial charge in [-0.2, -0.15) is 0 Å². The number of likely N-dealkylation sites (N-methyl/N-ethyl adjacent to an activating group) is 1. The van der Waals surface area contributed by atoms with E-state index in [4.69, 9.17) is 0 Å². The van der Waals surface area contributed by atoms with Crippen LogP contribution in [0, 0.1) is 6.92 Å². The molecular formula is C19H24N2. The molecule has 2 heteroatoms. The van der Waals surface area contributed by atoms with Gasteiger partial charge in [0.05, 0.1) is 0 Å². The number of hydrogen-bond acceptors (Lipinski definition) is 2. The van der Waals surface area contributed by atoms with Crippen molar-refractivity contribution < 1.29 is 0 Å². The summed E-state index contributed by atoms with van der Waals surface area (Å²) in [5.41, 5.74) is 4.04. The minimum atomic E-state index is 0.303. The fourth-order valence-electron chi connectivity index (χ4n) is 3.44. The fraction of sp³-hybridized carbons (Fsp3) is 0.368. The summed E-state index contributed by atoms with van der Waals surface area (Å²) in [4.78, 5) is 5.04. The van der Waals surface area contributed by atoms with Gasteiger partial charge in [-0.1, -0.05) is 48.5 Å². The van der Waals surface area contributed by atoms with Gasteiger partial charge in [-0.25, -0.2) is 0 Å². The number of rotatable bonds is 2. The molecule has 2 aromatic rings. The van der Waals surface area contributed by atoms with Gasteiger partial charge in [-0.3, -0.25) is 4.90 Å². The lowest BCUT2D eigenvalue weighted by Crippen LogP contribution is -2.33. The van der Waals surface area contributed by atoms with Crippen LogP contribution in [-0.4, -0.2) is 24.0 Å². The summed E-state index contributed by atoms with van der Waals surface area (Å²) in [5, 5.41) is 0. The van der Waals surface area contributed by atoms with E-state index in [0.717, 1.165) is 0 Å². The second-order valence-electron chi connectivity index (χ2n) is 6.12. The van der Waals surface area contributed by atoms with Crippen molar-refractivity contribution in [1.82, 2.24) is 4.90 Å². The SMILES string of the molecule is Cc1ccccc1N1C(c2ccccc2)N(C)C(C)[C@@H]1C. The molecule has 0 aliphatic carbocycles. The Morgan fingerprint density at radius 2 is 1.43 bits per heavy atom. The lowest BCUT2D eigenvalue weighted by atomic mass is 10.1. The highest BCUT2D eigenvalue weighted by molar-refractivity contribution is 5.57. The topological polar surface area (TPSA) is 6.48 Å². The van der Waals surface area contributed by atoms with Crippen molar-refractivity contribution >= 4 is 5.69 Å². The summed E-state index contributed by atoms with van der Waals surface area (Å²) in [6, 6.07) is 20.5. The zero-order valence-electron chi connectivity index (χ0n) is 13.3. The molecule has 0 N–H and O–H groups in total. The van der Waals surface area contributed by atoms with E-state index < -0.39 is 0 Å². The monoisotopic (exact) mass is 280 g/mol. The van der Waals surface area contributed by atoms with Crippen LogP contribution in [0.1, 0.15) is 31.1 Å². The van der Waals surface area contributed by atoms with Crippen LogP contribution in [0.4, 0.5) is 5.69 Å². The summed E-state index contributed by atoms with van der Waals surface area (Å²) in [7, 11) is 2.23. The quantitative estimate of drug-likeness (QED) is 0.812. The third kappa shape index (κ3) is 2.34. The molecule has 110 valence electrons. The Morgan fingerprint density at radius 1 is 0.810 bits per heavy atom. The summed E-state index contributed by atoms with van der Waals surface area (Å²) in [5.74, 6) is 0. The van der Waals surface area contributed by atoms with Gasteiger partial charge in [0.15, 0.2) is 0 Å². The normalized spacial score (nSPS) is 26.3. The van der Waals surface area contributed by atoms with Gasteiger partial charge in [0.1, 0.15) is 6.17 Å². The van der Waals surface area contributed by atoms with E-state index in [0.29, 0.717) is 18.2 Å². The Morgan fingerprint density at radius 3 is 2.10 bits per heavy atom. The van der Waals surface area contributed by atoms with Crippen molar-refractivity contribution in [2.75, 3.05) is 11.9 Å². The summed E-state index contributed by atoms with van der Waals surface area (Å²) >= 11 is 0. The Kier molecular flexibility index (Phi) is 3.73. The largest absolute Gasteiger partial charge is 0.347 e. The minimum Gasteiger partial charge on any atom is -0.347 e. The highest BCUT2D eigenvalue weighted by Gasteiger charge is 2.41. The summed E-state index contributed by atoms with van der Waals surface area (Å²) < 4.78 is 0. The number of para-hydroxylation sites is 1. The number of hydrogen-bond donors (Lipinski definition) is 0. The van der Waals surface area contributed by atoms with E-state index in [-0.39, 0.29) is 0 Å². The third-order valence-corrected chi connectivity index (χ3v) is 4.92. The number of aryl methyl sites for hydroxylation is 1. The van der Waals surface area contributed by atoms with Crippen LogP contribution in [0.15, 0.2) is 54.6 Å². The van der Waals surface area contributed by atoms with E-state index in [1.165, 1.54) is 16.8 Å². The van der Waals surface area contributed by atoms with Crippen LogP contribution >= 0.6 is 0 Å². The summed E-state index contributed by atoms with van der Waals surface area (Å²) in [6.45, 7) is 6.85. The Bertz CT molecular complexity index is 608. The highest BCUT2D eigenvalue weighted by Crippen LogP contribution is 2.40. The first kappa shape index (κ1) is 14.2. The lowest BCUT2D eigenvalue weighted by molar-refractivity contribution is 0.253. The average Bonchev–Trinajstić information content (AvgIpc) is 2.73. The third-order valence-electron chi connectivity index (χ3n) is 4.92. The van der Waals surface area contributed by atoms with Gasteiger partial charge < -0.3 is 4.90 Å². The van der Waals surface area contributed by atoms with Crippen molar-refractivity contribution in [3.63, 3.8) is 0 Å². The maximum absolute atomic E-state index is 2.56. The average molecular weight is 280 g/mol. The molecule has 0 saturated carbocycles. The molecule has 1 aliphatic heterocycles. The van der Waals surface area contributed by atoms with E-state index in [2.05, 4.69) is 92.2 Å². The number of nitrogens with zero attached hydrogens (tertiary/aromatic N) is 2. The smallest absolute Gasteiger partial charge is 0.109 e. The van der Waals surface area contributed by atoms with Gasteiger partial charge in [-0.15, -0.1) is 0 Å². The van der Waals surface area contributed by atoms with Crippen LogP contribution in [-0.2, 0) is 0 Å². The predicted octanol–water partition coefficient (Wildman–Crippen LogP) is 4.22. The van der Waals surface area contributed by atoms with E-state index >= 15 is 0 Å². The second kappa shape index (κ2) is 5.53. The van der Waals surface area contributed by atoms with Gasteiger partial charge >= 0.3 is 0 Å². The maximum Gasteiger partial charge on any atom is 0.109 e. The van der Waals surface area contributed by atoms with Gasteiger partial charge in [0.2, 0.25) is 0 Å². The first-order valence-electron chi connectivity index (χ1n) is 7.72. The standard InChI is InChI=1S/C19H24N2/c1-14-10-8-9-13-18(14)21-16(3)15(2)20(4)19(21)17-11-6-5-7-12-17/h5-13,15-16,19H,1-4H3/t15?,16-,19?/m0/s1. The molecular weight excluding hydrogens is 256 g/mol. The Hall–Kier alpha value is -1.80. The first-order valence-corrected chi connectivity index (χ1v) is 7.72. The van der Waals surface area contributed by atoms with Crippen molar-refractivity contribution in [2.45, 2.75) is 39.0 Å². The van der Waals surface area contributed by atoms with Crippen LogP contribution < -0.4 is 4.90 Å². The molecule has 0 amide bonds. The zero-order chi connectivity index (χ0) is 15.0. The molecule has 1 fully saturated rings. The number of anilines is 1. The molecule has 3 atom stereocenters. The van der Waals surface area contributed by atoms with Gasteiger partial charge in [-0.05, 0) is 45.0 Å². The van der Waals surface area contributed by atoms with Crippen LogP contribution in [0.25, 0.3) is 0 Å². The lowest BCUT2D eigenvalue weighted by Gasteiger charge is -2.33. The van der Waals surface area contributed by atoms with Crippen molar-refractivity contribution in [3.8, 4) is 0 Å². The molecule has 1 aliphatic rings. The fourth-order valence-corrected chi connectivity index (χ4v) is 3.44. The summed E-state index contributed by atoms with van der Waals surface area (Å²) in [6.07, 6.45) is 0.303. The van der Waals surface area contributed by atoms with Crippen molar-refractivity contribution in [3.05, 3.63) is 65.7 Å². The van der Waals surface area contributed by atoms with Crippen LogP contribution in [0.5, 0.6) is 0 Å². The molecule has 2 nitrogen and oxygen atoms in total. The Balaban J connectivity index is 2.09. The molecule has 0 radical (unpaired) electrons. The molecule has 3 rings (SSSR count). The van der Waals surface area contributed by atoms with Crippen LogP contribution in [0.2, 0.25) is 0 Å². The van der Waals surface area contributed by atoms with Crippen molar-refractivity contribution in [1.29, 1.82) is 0 Å². The molecule has 2 unspecified atom stereocenters. The zero-order valence-corrected chi connectivity index (χ0v) is 13.3. The molecule has 21 heavy (non-hydrogen) atoms. The first-order chi connectivity index (χ1) is 10.1. The minimum absolute atomic E-state index is 0.303. The second-order valence-corrected chi connectivity index (χ2v) is 6.12. The van der Waals surface area contributed by atoms with Gasteiger partial charge in [0, 0.05) is 17.8 Å². The molecule has 1 heterocycles. The Labute approximate surface area is 128 Å². The van der Waals surface area contributed by atoms with E-state index in [1.54, 1.807) is 0 Å². The molecule has 0 aromatic heterocycles. The molecule has 2 aromatic carbocycles. The molecule has 1 saturated heterocycles. The van der Waals surface area contributed by atoms with Gasteiger partial charge in [0.25, 0.3) is 0 Å². The van der Waals surface area contributed by atoms with E-state index in [1.807, 2.05) is 0 Å². The maximum atomic E-state index is 2.56. The highest BCUT2D eigenvalue weighted by atomic mass is 15.4. The molecule has 0 spiro atoms. The van der Waals surface area contributed by atoms with E-state index in [9.17, 15) is 0 Å². The predicted molar refractivity (Wildman–Crippen MR) is 89.5 cm³/mol. The molecule has 0 bridgehead atoms. The van der Waals surface area contributed by atoms with Crippen LogP contribution in [0.3, 0.4) is 0 Å². The number of benzene rings is 2.